The van der Waals surface area contributed by atoms with E-state index in [4.69, 9.17) is 5.26 Å². The average Bonchev–Trinajstić information content (AvgIpc) is 2.83. The van der Waals surface area contributed by atoms with Gasteiger partial charge < -0.3 is 0 Å². The van der Waals surface area contributed by atoms with E-state index < -0.39 is 0 Å². The zero-order valence-corrected chi connectivity index (χ0v) is 20.3. The van der Waals surface area contributed by atoms with Crippen molar-refractivity contribution in [2.45, 2.75) is 116 Å². The summed E-state index contributed by atoms with van der Waals surface area (Å²) in [5.41, 5.74) is 1.30. The number of fused-ring (bicyclic) bond motifs is 1. The van der Waals surface area contributed by atoms with Crippen LogP contribution in [0.3, 0.4) is 0 Å². The van der Waals surface area contributed by atoms with Crippen LogP contribution in [0.25, 0.3) is 0 Å². The summed E-state index contributed by atoms with van der Waals surface area (Å²) in [5, 5.41) is 9.00. The molecule has 3 fully saturated rings. The zero-order chi connectivity index (χ0) is 22.3. The molecule has 0 aromatic heterocycles. The lowest BCUT2D eigenvalue weighted by Gasteiger charge is -2.45. The van der Waals surface area contributed by atoms with Crippen LogP contribution >= 0.6 is 0 Å². The van der Waals surface area contributed by atoms with E-state index in [1.807, 2.05) is 12.1 Å². The third-order valence-corrected chi connectivity index (χ3v) is 9.51. The maximum atomic E-state index is 14.1. The topological polar surface area (TPSA) is 23.8 Å². The van der Waals surface area contributed by atoms with Crippen LogP contribution in [0.5, 0.6) is 0 Å². The van der Waals surface area contributed by atoms with Crippen LogP contribution in [0, 0.1) is 46.7 Å². The lowest BCUT2D eigenvalue weighted by molar-refractivity contribution is 0.0710. The first kappa shape index (κ1) is 23.8. The molecule has 2 heteroatoms. The van der Waals surface area contributed by atoms with E-state index in [0.717, 1.165) is 35.2 Å². The van der Waals surface area contributed by atoms with E-state index >= 15 is 0 Å². The van der Waals surface area contributed by atoms with Crippen LogP contribution in [0.15, 0.2) is 18.2 Å². The molecular formula is C30H44FN. The van der Waals surface area contributed by atoms with Crippen molar-refractivity contribution in [2.75, 3.05) is 0 Å². The number of unbranched alkanes of at least 4 members (excludes halogenated alkanes) is 4. The Hall–Kier alpha value is -1.36. The predicted molar refractivity (Wildman–Crippen MR) is 131 cm³/mol. The minimum atomic E-state index is -0.340. The van der Waals surface area contributed by atoms with Crippen molar-refractivity contribution in [1.82, 2.24) is 0 Å². The molecule has 4 unspecified atom stereocenters. The first-order valence-electron chi connectivity index (χ1n) is 13.9. The van der Waals surface area contributed by atoms with Crippen molar-refractivity contribution in [2.24, 2.45) is 29.6 Å². The van der Waals surface area contributed by atoms with Gasteiger partial charge in [0.05, 0.1) is 5.56 Å². The second-order valence-electron chi connectivity index (χ2n) is 11.4. The largest absolute Gasteiger partial charge is 0.206 e. The maximum absolute atomic E-state index is 14.1. The van der Waals surface area contributed by atoms with Gasteiger partial charge in [0.2, 0.25) is 0 Å². The Morgan fingerprint density at radius 3 is 2.19 bits per heavy atom. The smallest absolute Gasteiger partial charge is 0.141 e. The standard InChI is InChI=1S/C30H44FN/c1-2-3-4-5-6-7-22-8-10-23(11-9-22)24-12-13-26-19-27(15-14-25(26)18-24)28-16-17-29(21-32)30(31)20-28/h16-17,20,22-27H,2-15,18-19H2,1H3. The molecule has 32 heavy (non-hydrogen) atoms. The highest BCUT2D eigenvalue weighted by molar-refractivity contribution is 5.35. The molecule has 3 aliphatic carbocycles. The third-order valence-electron chi connectivity index (χ3n) is 9.51. The van der Waals surface area contributed by atoms with Gasteiger partial charge >= 0.3 is 0 Å². The molecule has 1 nitrogen and oxygen atoms in total. The summed E-state index contributed by atoms with van der Waals surface area (Å²) < 4.78 is 14.1. The van der Waals surface area contributed by atoms with Crippen molar-refractivity contribution in [3.8, 4) is 6.07 Å². The fourth-order valence-corrected chi connectivity index (χ4v) is 7.52. The lowest BCUT2D eigenvalue weighted by atomic mass is 9.60. The Morgan fingerprint density at radius 1 is 0.812 bits per heavy atom. The number of hydrogen-bond donors (Lipinski definition) is 0. The molecule has 0 spiro atoms. The average molecular weight is 438 g/mol. The number of nitrogens with zero attached hydrogens (tertiary/aromatic N) is 1. The molecule has 3 aliphatic rings. The molecule has 0 saturated heterocycles. The highest BCUT2D eigenvalue weighted by Gasteiger charge is 2.39. The van der Waals surface area contributed by atoms with Gasteiger partial charge in [-0.25, -0.2) is 4.39 Å². The van der Waals surface area contributed by atoms with Crippen molar-refractivity contribution in [3.05, 3.63) is 35.1 Å². The van der Waals surface area contributed by atoms with Crippen molar-refractivity contribution < 1.29 is 4.39 Å². The van der Waals surface area contributed by atoms with Crippen LogP contribution < -0.4 is 0 Å². The predicted octanol–water partition coefficient (Wildman–Crippen LogP) is 9.16. The third kappa shape index (κ3) is 5.95. The molecule has 0 N–H and O–H groups in total. The minimum Gasteiger partial charge on any atom is -0.206 e. The van der Waals surface area contributed by atoms with Gasteiger partial charge in [0.25, 0.3) is 0 Å². The molecule has 0 radical (unpaired) electrons. The number of hydrogen-bond acceptors (Lipinski definition) is 1. The van der Waals surface area contributed by atoms with Crippen LogP contribution in [0.4, 0.5) is 4.39 Å². The van der Waals surface area contributed by atoms with Gasteiger partial charge in [-0.2, -0.15) is 5.26 Å². The van der Waals surface area contributed by atoms with Gasteiger partial charge in [-0.05, 0) is 105 Å². The molecule has 3 saturated carbocycles. The van der Waals surface area contributed by atoms with E-state index in [9.17, 15) is 4.39 Å². The van der Waals surface area contributed by atoms with Gasteiger partial charge in [0.1, 0.15) is 11.9 Å². The van der Waals surface area contributed by atoms with Gasteiger partial charge in [-0.3, -0.25) is 0 Å². The van der Waals surface area contributed by atoms with Gasteiger partial charge in [-0.15, -0.1) is 0 Å². The molecule has 0 heterocycles. The van der Waals surface area contributed by atoms with E-state index in [1.54, 1.807) is 12.1 Å². The maximum Gasteiger partial charge on any atom is 0.141 e. The highest BCUT2D eigenvalue weighted by atomic mass is 19.1. The molecule has 4 atom stereocenters. The van der Waals surface area contributed by atoms with Crippen LogP contribution in [-0.4, -0.2) is 0 Å². The summed E-state index contributed by atoms with van der Waals surface area (Å²) in [5.74, 6) is 4.89. The zero-order valence-electron chi connectivity index (χ0n) is 20.3. The summed E-state index contributed by atoms with van der Waals surface area (Å²) in [6, 6.07) is 7.26. The molecule has 4 rings (SSSR count). The summed E-state index contributed by atoms with van der Waals surface area (Å²) in [6.45, 7) is 2.30. The first-order chi connectivity index (χ1) is 15.7. The Labute approximate surface area is 196 Å². The van der Waals surface area contributed by atoms with E-state index in [1.165, 1.54) is 103 Å². The molecule has 1 aromatic rings. The number of nitriles is 1. The number of rotatable bonds is 8. The van der Waals surface area contributed by atoms with Gasteiger partial charge in [-0.1, -0.05) is 64.4 Å². The normalized spacial score (nSPS) is 32.8. The summed E-state index contributed by atoms with van der Waals surface area (Å²) >= 11 is 0. The molecule has 0 bridgehead atoms. The summed E-state index contributed by atoms with van der Waals surface area (Å²) in [7, 11) is 0. The fourth-order valence-electron chi connectivity index (χ4n) is 7.52. The minimum absolute atomic E-state index is 0.175. The van der Waals surface area contributed by atoms with Crippen LogP contribution in [0.1, 0.15) is 127 Å². The van der Waals surface area contributed by atoms with Crippen molar-refractivity contribution >= 4 is 0 Å². The number of halogens is 1. The number of benzene rings is 1. The molecule has 176 valence electrons. The second kappa shape index (κ2) is 11.7. The second-order valence-corrected chi connectivity index (χ2v) is 11.4. The van der Waals surface area contributed by atoms with Gasteiger partial charge in [0.15, 0.2) is 0 Å². The fraction of sp³-hybridized carbons (Fsp3) is 0.767. The van der Waals surface area contributed by atoms with Crippen LogP contribution in [-0.2, 0) is 0 Å². The Bertz CT molecular complexity index is 757. The van der Waals surface area contributed by atoms with Crippen molar-refractivity contribution in [3.63, 3.8) is 0 Å². The van der Waals surface area contributed by atoms with E-state index in [0.29, 0.717) is 5.92 Å². The molecule has 0 amide bonds. The molecule has 1 aromatic carbocycles. The molecule has 0 aliphatic heterocycles. The Kier molecular flexibility index (Phi) is 8.68. The first-order valence-corrected chi connectivity index (χ1v) is 13.9. The highest BCUT2D eigenvalue weighted by Crippen LogP contribution is 2.51. The monoisotopic (exact) mass is 437 g/mol. The van der Waals surface area contributed by atoms with E-state index in [-0.39, 0.29) is 11.4 Å². The Balaban J connectivity index is 1.21. The van der Waals surface area contributed by atoms with E-state index in [2.05, 4.69) is 6.92 Å². The van der Waals surface area contributed by atoms with Crippen LogP contribution in [0.2, 0.25) is 0 Å². The summed E-state index contributed by atoms with van der Waals surface area (Å²) in [6.07, 6.45) is 22.6. The van der Waals surface area contributed by atoms with Gasteiger partial charge in [0, 0.05) is 0 Å². The lowest BCUT2D eigenvalue weighted by Crippen LogP contribution is -2.34. The summed E-state index contributed by atoms with van der Waals surface area (Å²) in [4.78, 5) is 0. The molecular weight excluding hydrogens is 393 g/mol. The quantitative estimate of drug-likeness (QED) is 0.372. The van der Waals surface area contributed by atoms with Crippen molar-refractivity contribution in [1.29, 1.82) is 5.26 Å². The Morgan fingerprint density at radius 2 is 1.47 bits per heavy atom. The SMILES string of the molecule is CCCCCCCC1CCC(C2CCC3CC(c4ccc(C#N)c(F)c4)CCC3C2)CC1.